The van der Waals surface area contributed by atoms with Gasteiger partial charge in [0.1, 0.15) is 6.17 Å². The van der Waals surface area contributed by atoms with Gasteiger partial charge in [-0.15, -0.1) is 0 Å². The standard InChI is InChI=1S/C24H28ClN3O/c1-5-23(27-22-12-8-11-21(25)17(22)4)28(15-16(2)3)24(29)20-14-26-13-18-9-6-7-10-19(18)20/h6-14,16,23,27H,5,15H2,1-4H3. The molecule has 1 aromatic heterocycles. The van der Waals surface area contributed by atoms with Gasteiger partial charge in [0, 0.05) is 35.0 Å². The molecule has 0 saturated heterocycles. The number of amides is 1. The molecule has 0 spiro atoms. The maximum Gasteiger partial charge on any atom is 0.257 e. The highest BCUT2D eigenvalue weighted by Crippen LogP contribution is 2.26. The molecule has 29 heavy (non-hydrogen) atoms. The number of nitrogens with zero attached hydrogens (tertiary/aromatic N) is 2. The van der Waals surface area contributed by atoms with Gasteiger partial charge in [-0.3, -0.25) is 9.78 Å². The van der Waals surface area contributed by atoms with Crippen LogP contribution in [0.2, 0.25) is 5.02 Å². The molecule has 0 aliphatic heterocycles. The summed E-state index contributed by atoms with van der Waals surface area (Å²) < 4.78 is 0. The van der Waals surface area contributed by atoms with Crippen LogP contribution in [-0.2, 0) is 0 Å². The number of carbonyl (C=O) groups is 1. The van der Waals surface area contributed by atoms with Crippen LogP contribution in [0, 0.1) is 12.8 Å². The highest BCUT2D eigenvalue weighted by molar-refractivity contribution is 6.31. The lowest BCUT2D eigenvalue weighted by molar-refractivity contribution is 0.0672. The van der Waals surface area contributed by atoms with Gasteiger partial charge in [-0.2, -0.15) is 0 Å². The van der Waals surface area contributed by atoms with E-state index in [0.717, 1.165) is 28.4 Å². The Balaban J connectivity index is 1.99. The monoisotopic (exact) mass is 409 g/mol. The van der Waals surface area contributed by atoms with Crippen molar-refractivity contribution in [1.29, 1.82) is 0 Å². The summed E-state index contributed by atoms with van der Waals surface area (Å²) in [6.07, 6.45) is 4.09. The molecule has 1 unspecified atom stereocenters. The molecule has 3 rings (SSSR count). The van der Waals surface area contributed by atoms with Crippen molar-refractivity contribution in [3.63, 3.8) is 0 Å². The number of aromatic nitrogens is 1. The molecule has 0 aliphatic carbocycles. The van der Waals surface area contributed by atoms with Crippen LogP contribution >= 0.6 is 11.6 Å². The van der Waals surface area contributed by atoms with Crippen molar-refractivity contribution in [2.24, 2.45) is 5.92 Å². The number of anilines is 1. The van der Waals surface area contributed by atoms with Crippen LogP contribution in [0.25, 0.3) is 10.8 Å². The van der Waals surface area contributed by atoms with Crippen LogP contribution in [-0.4, -0.2) is 28.5 Å². The zero-order valence-corrected chi connectivity index (χ0v) is 18.2. The first kappa shape index (κ1) is 21.1. The molecule has 0 radical (unpaired) electrons. The van der Waals surface area contributed by atoms with E-state index in [2.05, 4.69) is 31.1 Å². The lowest BCUT2D eigenvalue weighted by Gasteiger charge is -2.34. The average Bonchev–Trinajstić information content (AvgIpc) is 2.72. The Morgan fingerprint density at radius 2 is 1.90 bits per heavy atom. The number of nitrogens with one attached hydrogen (secondary N) is 1. The molecule has 152 valence electrons. The number of carbonyl (C=O) groups excluding carboxylic acids is 1. The Morgan fingerprint density at radius 3 is 2.62 bits per heavy atom. The van der Waals surface area contributed by atoms with Gasteiger partial charge >= 0.3 is 0 Å². The molecule has 1 amide bonds. The zero-order valence-electron chi connectivity index (χ0n) is 17.4. The SMILES string of the molecule is CCC(Nc1cccc(Cl)c1C)N(CC(C)C)C(=O)c1cncc2ccccc12. The second-order valence-corrected chi connectivity index (χ2v) is 8.15. The average molecular weight is 410 g/mol. The summed E-state index contributed by atoms with van der Waals surface area (Å²) in [5, 5.41) is 6.15. The Bertz CT molecular complexity index is 997. The van der Waals surface area contributed by atoms with Crippen LogP contribution in [0.5, 0.6) is 0 Å². The second kappa shape index (κ2) is 9.27. The molecular formula is C24H28ClN3O. The third kappa shape index (κ3) is 4.70. The fourth-order valence-electron chi connectivity index (χ4n) is 3.53. The van der Waals surface area contributed by atoms with Gasteiger partial charge in [-0.05, 0) is 42.3 Å². The number of hydrogen-bond donors (Lipinski definition) is 1. The van der Waals surface area contributed by atoms with Crippen molar-refractivity contribution in [3.05, 3.63) is 71.0 Å². The van der Waals surface area contributed by atoms with E-state index >= 15 is 0 Å². The summed E-state index contributed by atoms with van der Waals surface area (Å²) in [6.45, 7) is 8.96. The van der Waals surface area contributed by atoms with Gasteiger partial charge in [0.2, 0.25) is 0 Å². The summed E-state index contributed by atoms with van der Waals surface area (Å²) in [5.74, 6) is 0.320. The molecular weight excluding hydrogens is 382 g/mol. The van der Waals surface area contributed by atoms with Gasteiger partial charge in [0.05, 0.1) is 5.56 Å². The quantitative estimate of drug-likeness (QED) is 0.476. The lowest BCUT2D eigenvalue weighted by atomic mass is 10.1. The van der Waals surface area contributed by atoms with Crippen LogP contribution in [0.1, 0.15) is 43.1 Å². The number of fused-ring (bicyclic) bond motifs is 1. The van der Waals surface area contributed by atoms with Crippen molar-refractivity contribution in [2.45, 2.75) is 40.3 Å². The maximum atomic E-state index is 13.7. The van der Waals surface area contributed by atoms with Gasteiger partial charge in [-0.1, -0.05) is 62.7 Å². The zero-order chi connectivity index (χ0) is 21.0. The van der Waals surface area contributed by atoms with Crippen LogP contribution in [0.3, 0.4) is 0 Å². The van der Waals surface area contributed by atoms with E-state index in [9.17, 15) is 4.79 Å². The number of halogens is 1. The molecule has 3 aromatic rings. The summed E-state index contributed by atoms with van der Waals surface area (Å²) in [6, 6.07) is 13.7. The summed E-state index contributed by atoms with van der Waals surface area (Å²) in [4.78, 5) is 19.9. The van der Waals surface area contributed by atoms with E-state index < -0.39 is 0 Å². The highest BCUT2D eigenvalue weighted by Gasteiger charge is 2.26. The highest BCUT2D eigenvalue weighted by atomic mass is 35.5. The molecule has 0 aliphatic rings. The van der Waals surface area contributed by atoms with Gasteiger partial charge < -0.3 is 10.2 Å². The minimum absolute atomic E-state index is 0.0120. The molecule has 4 nitrogen and oxygen atoms in total. The topological polar surface area (TPSA) is 45.2 Å². The normalized spacial score (nSPS) is 12.2. The van der Waals surface area contributed by atoms with Gasteiger partial charge in [-0.25, -0.2) is 0 Å². The summed E-state index contributed by atoms with van der Waals surface area (Å²) >= 11 is 6.30. The second-order valence-electron chi connectivity index (χ2n) is 7.74. The molecule has 5 heteroatoms. The van der Waals surface area contributed by atoms with Crippen LogP contribution < -0.4 is 5.32 Å². The fourth-order valence-corrected chi connectivity index (χ4v) is 3.70. The number of benzene rings is 2. The third-order valence-electron chi connectivity index (χ3n) is 5.07. The first-order chi connectivity index (χ1) is 13.9. The lowest BCUT2D eigenvalue weighted by Crippen LogP contribution is -2.46. The Morgan fingerprint density at radius 1 is 1.14 bits per heavy atom. The first-order valence-electron chi connectivity index (χ1n) is 10.1. The molecule has 0 saturated carbocycles. The Kier molecular flexibility index (Phi) is 6.75. The van der Waals surface area contributed by atoms with Crippen molar-refractivity contribution < 1.29 is 4.79 Å². The number of rotatable bonds is 7. The Hall–Kier alpha value is -2.59. The minimum atomic E-state index is -0.152. The number of hydrogen-bond acceptors (Lipinski definition) is 3. The molecule has 0 bridgehead atoms. The van der Waals surface area contributed by atoms with E-state index in [-0.39, 0.29) is 12.1 Å². The smallest absolute Gasteiger partial charge is 0.257 e. The summed E-state index contributed by atoms with van der Waals surface area (Å²) in [5.41, 5.74) is 2.56. The van der Waals surface area contributed by atoms with E-state index in [1.807, 2.05) is 54.3 Å². The molecule has 2 aromatic carbocycles. The maximum absolute atomic E-state index is 13.7. The number of pyridine rings is 1. The molecule has 0 fully saturated rings. The third-order valence-corrected chi connectivity index (χ3v) is 5.48. The molecule has 1 heterocycles. The van der Waals surface area contributed by atoms with Crippen LogP contribution in [0.15, 0.2) is 54.9 Å². The van der Waals surface area contributed by atoms with Gasteiger partial charge in [0.25, 0.3) is 5.91 Å². The van der Waals surface area contributed by atoms with E-state index in [4.69, 9.17) is 11.6 Å². The fraction of sp³-hybridized carbons (Fsp3) is 0.333. The van der Waals surface area contributed by atoms with E-state index in [1.54, 1.807) is 12.4 Å². The molecule has 1 atom stereocenters. The van der Waals surface area contributed by atoms with Gasteiger partial charge in [0.15, 0.2) is 0 Å². The first-order valence-corrected chi connectivity index (χ1v) is 10.5. The predicted molar refractivity (Wildman–Crippen MR) is 122 cm³/mol. The Labute approximate surface area is 177 Å². The molecule has 1 N–H and O–H groups in total. The van der Waals surface area contributed by atoms with E-state index in [1.165, 1.54) is 0 Å². The van der Waals surface area contributed by atoms with Crippen molar-refractivity contribution in [2.75, 3.05) is 11.9 Å². The summed E-state index contributed by atoms with van der Waals surface area (Å²) in [7, 11) is 0. The van der Waals surface area contributed by atoms with Crippen LogP contribution in [0.4, 0.5) is 5.69 Å². The van der Waals surface area contributed by atoms with Crippen molar-refractivity contribution >= 4 is 34.0 Å². The largest absolute Gasteiger partial charge is 0.365 e. The predicted octanol–water partition coefficient (Wildman–Crippen LogP) is 6.14. The van der Waals surface area contributed by atoms with Crippen molar-refractivity contribution in [1.82, 2.24) is 9.88 Å². The minimum Gasteiger partial charge on any atom is -0.365 e. The van der Waals surface area contributed by atoms with E-state index in [0.29, 0.717) is 23.0 Å². The van der Waals surface area contributed by atoms with Crippen molar-refractivity contribution in [3.8, 4) is 0 Å².